The molecule has 0 fully saturated rings. The van der Waals surface area contributed by atoms with E-state index >= 15 is 0 Å². The Balaban J connectivity index is 2.47. The lowest BCUT2D eigenvalue weighted by Crippen LogP contribution is -1.96. The molecular formula is C13H10ClNO3. The van der Waals surface area contributed by atoms with Gasteiger partial charge < -0.3 is 9.84 Å². The number of nitrogens with zero attached hydrogens (tertiary/aromatic N) is 1. The normalized spacial score (nSPS) is 10.1. The van der Waals surface area contributed by atoms with E-state index in [4.69, 9.17) is 21.4 Å². The van der Waals surface area contributed by atoms with Crippen LogP contribution in [0.3, 0.4) is 0 Å². The number of hydrogen-bond acceptors (Lipinski definition) is 3. The summed E-state index contributed by atoms with van der Waals surface area (Å²) in [6.07, 6.45) is 1.61. The highest BCUT2D eigenvalue weighted by Gasteiger charge is 2.09. The standard InChI is InChI=1S/C13H10ClNO3/c1-18-12-7-8(4-5-15-12)10-3-2-9(13(16)17)6-11(10)14/h2-7H,1H3,(H,16,17). The molecule has 0 aliphatic heterocycles. The van der Waals surface area contributed by atoms with Crippen molar-refractivity contribution in [1.82, 2.24) is 4.98 Å². The van der Waals surface area contributed by atoms with E-state index in [1.54, 1.807) is 24.4 Å². The van der Waals surface area contributed by atoms with Crippen molar-refractivity contribution < 1.29 is 14.6 Å². The molecule has 1 aromatic heterocycles. The Kier molecular flexibility index (Phi) is 3.48. The molecule has 0 aliphatic carbocycles. The number of methoxy groups -OCH3 is 1. The second-order valence-corrected chi connectivity index (χ2v) is 3.99. The summed E-state index contributed by atoms with van der Waals surface area (Å²) in [6, 6.07) is 8.12. The van der Waals surface area contributed by atoms with Crippen LogP contribution in [0.15, 0.2) is 36.5 Å². The first-order valence-electron chi connectivity index (χ1n) is 5.15. The molecule has 0 unspecified atom stereocenters. The SMILES string of the molecule is COc1cc(-c2ccc(C(=O)O)cc2Cl)ccn1. The first-order valence-corrected chi connectivity index (χ1v) is 5.53. The van der Waals surface area contributed by atoms with Gasteiger partial charge in [0.2, 0.25) is 5.88 Å². The Morgan fingerprint density at radius 2 is 2.11 bits per heavy atom. The number of benzene rings is 1. The molecule has 0 amide bonds. The molecule has 0 aliphatic rings. The van der Waals surface area contributed by atoms with Gasteiger partial charge in [-0.05, 0) is 23.8 Å². The number of aromatic carboxylic acids is 1. The first kappa shape index (κ1) is 12.4. The van der Waals surface area contributed by atoms with Crippen LogP contribution in [-0.4, -0.2) is 23.2 Å². The van der Waals surface area contributed by atoms with Gasteiger partial charge in [0.05, 0.1) is 12.7 Å². The van der Waals surface area contributed by atoms with Gasteiger partial charge in [-0.15, -0.1) is 0 Å². The van der Waals surface area contributed by atoms with E-state index in [1.165, 1.54) is 19.2 Å². The Bertz CT molecular complexity index is 599. The van der Waals surface area contributed by atoms with E-state index in [-0.39, 0.29) is 5.56 Å². The van der Waals surface area contributed by atoms with E-state index in [0.29, 0.717) is 10.9 Å². The van der Waals surface area contributed by atoms with Crippen LogP contribution in [0, 0.1) is 0 Å². The molecule has 1 aromatic carbocycles. The summed E-state index contributed by atoms with van der Waals surface area (Å²) in [6.45, 7) is 0. The van der Waals surface area contributed by atoms with Crippen LogP contribution in [0.1, 0.15) is 10.4 Å². The number of aromatic nitrogens is 1. The first-order chi connectivity index (χ1) is 8.61. The lowest BCUT2D eigenvalue weighted by Gasteiger charge is -2.06. The number of halogens is 1. The molecule has 5 heteroatoms. The van der Waals surface area contributed by atoms with E-state index in [2.05, 4.69) is 4.98 Å². The predicted octanol–water partition coefficient (Wildman–Crippen LogP) is 3.11. The van der Waals surface area contributed by atoms with Crippen LogP contribution in [0.4, 0.5) is 0 Å². The van der Waals surface area contributed by atoms with E-state index < -0.39 is 5.97 Å². The van der Waals surface area contributed by atoms with Gasteiger partial charge in [-0.3, -0.25) is 0 Å². The molecule has 0 radical (unpaired) electrons. The fourth-order valence-corrected chi connectivity index (χ4v) is 1.86. The third-order valence-corrected chi connectivity index (χ3v) is 2.78. The van der Waals surface area contributed by atoms with Crippen molar-refractivity contribution >= 4 is 17.6 Å². The highest BCUT2D eigenvalue weighted by Crippen LogP contribution is 2.30. The molecule has 0 bridgehead atoms. The fraction of sp³-hybridized carbons (Fsp3) is 0.0769. The van der Waals surface area contributed by atoms with E-state index in [0.717, 1.165) is 11.1 Å². The number of carboxylic acids is 1. The minimum absolute atomic E-state index is 0.157. The zero-order valence-corrected chi connectivity index (χ0v) is 10.3. The Morgan fingerprint density at radius 3 is 2.72 bits per heavy atom. The summed E-state index contributed by atoms with van der Waals surface area (Å²) >= 11 is 6.08. The molecule has 1 heterocycles. The molecule has 0 saturated heterocycles. The van der Waals surface area contributed by atoms with Crippen molar-refractivity contribution in [2.24, 2.45) is 0 Å². The average molecular weight is 264 g/mol. The fourth-order valence-electron chi connectivity index (χ4n) is 1.57. The number of carbonyl (C=O) groups is 1. The third kappa shape index (κ3) is 2.43. The van der Waals surface area contributed by atoms with Crippen molar-refractivity contribution in [3.63, 3.8) is 0 Å². The molecule has 2 aromatic rings. The zero-order valence-electron chi connectivity index (χ0n) is 9.55. The maximum Gasteiger partial charge on any atom is 0.335 e. The van der Waals surface area contributed by atoms with Crippen LogP contribution in [0.25, 0.3) is 11.1 Å². The smallest absolute Gasteiger partial charge is 0.335 e. The summed E-state index contributed by atoms with van der Waals surface area (Å²) in [5.41, 5.74) is 1.72. The van der Waals surface area contributed by atoms with Gasteiger partial charge in [-0.1, -0.05) is 17.7 Å². The van der Waals surface area contributed by atoms with Crippen molar-refractivity contribution in [2.75, 3.05) is 7.11 Å². The number of hydrogen-bond donors (Lipinski definition) is 1. The van der Waals surface area contributed by atoms with Gasteiger partial charge in [-0.2, -0.15) is 0 Å². The number of rotatable bonds is 3. The lowest BCUT2D eigenvalue weighted by molar-refractivity contribution is 0.0697. The topological polar surface area (TPSA) is 59.4 Å². The number of ether oxygens (including phenoxy) is 1. The summed E-state index contributed by atoms with van der Waals surface area (Å²) in [5.74, 6) is -0.526. The quantitative estimate of drug-likeness (QED) is 0.924. The summed E-state index contributed by atoms with van der Waals surface area (Å²) < 4.78 is 5.03. The number of pyridine rings is 1. The van der Waals surface area contributed by atoms with Gasteiger partial charge in [-0.25, -0.2) is 9.78 Å². The molecule has 92 valence electrons. The average Bonchev–Trinajstić information content (AvgIpc) is 2.38. The molecule has 1 N–H and O–H groups in total. The lowest BCUT2D eigenvalue weighted by atomic mass is 10.0. The molecule has 0 spiro atoms. The van der Waals surface area contributed by atoms with Gasteiger partial charge in [0.15, 0.2) is 0 Å². The second-order valence-electron chi connectivity index (χ2n) is 3.59. The summed E-state index contributed by atoms with van der Waals surface area (Å²) in [5, 5.41) is 9.24. The van der Waals surface area contributed by atoms with Crippen molar-refractivity contribution in [3.05, 3.63) is 47.1 Å². The minimum atomic E-state index is -1.00. The van der Waals surface area contributed by atoms with Crippen LogP contribution in [0.5, 0.6) is 5.88 Å². The highest BCUT2D eigenvalue weighted by atomic mass is 35.5. The van der Waals surface area contributed by atoms with Crippen molar-refractivity contribution in [2.45, 2.75) is 0 Å². The van der Waals surface area contributed by atoms with E-state index in [1.807, 2.05) is 0 Å². The van der Waals surface area contributed by atoms with Crippen molar-refractivity contribution in [3.8, 4) is 17.0 Å². The van der Waals surface area contributed by atoms with Crippen LogP contribution in [0.2, 0.25) is 5.02 Å². The molecule has 2 rings (SSSR count). The number of carboxylic acid groups (broad SMARTS) is 1. The van der Waals surface area contributed by atoms with Gasteiger partial charge in [0.25, 0.3) is 0 Å². The summed E-state index contributed by atoms with van der Waals surface area (Å²) in [4.78, 5) is 14.8. The zero-order chi connectivity index (χ0) is 13.1. The molecule has 0 atom stereocenters. The summed E-state index contributed by atoms with van der Waals surface area (Å²) in [7, 11) is 1.53. The maximum atomic E-state index is 10.8. The monoisotopic (exact) mass is 263 g/mol. The molecule has 4 nitrogen and oxygen atoms in total. The largest absolute Gasteiger partial charge is 0.481 e. The molecule has 0 saturated carbocycles. The predicted molar refractivity (Wildman–Crippen MR) is 68.2 cm³/mol. The third-order valence-electron chi connectivity index (χ3n) is 2.47. The molecular weight excluding hydrogens is 254 g/mol. The van der Waals surface area contributed by atoms with Gasteiger partial charge in [0, 0.05) is 22.8 Å². The van der Waals surface area contributed by atoms with Crippen LogP contribution in [-0.2, 0) is 0 Å². The second kappa shape index (κ2) is 5.06. The Morgan fingerprint density at radius 1 is 1.33 bits per heavy atom. The minimum Gasteiger partial charge on any atom is -0.481 e. The Labute approximate surface area is 109 Å². The van der Waals surface area contributed by atoms with Crippen LogP contribution < -0.4 is 4.74 Å². The van der Waals surface area contributed by atoms with Gasteiger partial charge in [0.1, 0.15) is 0 Å². The molecule has 18 heavy (non-hydrogen) atoms. The maximum absolute atomic E-state index is 10.8. The van der Waals surface area contributed by atoms with Gasteiger partial charge >= 0.3 is 5.97 Å². The van der Waals surface area contributed by atoms with Crippen LogP contribution >= 0.6 is 11.6 Å². The van der Waals surface area contributed by atoms with E-state index in [9.17, 15) is 4.79 Å². The van der Waals surface area contributed by atoms with Crippen molar-refractivity contribution in [1.29, 1.82) is 0 Å². The highest BCUT2D eigenvalue weighted by molar-refractivity contribution is 6.33. The Hall–Kier alpha value is -2.07.